The number of nitrogens with zero attached hydrogens (tertiary/aromatic N) is 1. The lowest BCUT2D eigenvalue weighted by atomic mass is 10.1. The number of rotatable bonds is 5. The largest absolute Gasteiger partial charge is 0.440 e. The van der Waals surface area contributed by atoms with Crippen LogP contribution in [-0.2, 0) is 21.3 Å². The maximum absolute atomic E-state index is 13.2. The highest BCUT2D eigenvalue weighted by Crippen LogP contribution is 2.32. The van der Waals surface area contributed by atoms with Crippen LogP contribution in [0.1, 0.15) is 35.2 Å². The molecule has 0 aliphatic heterocycles. The quantitative estimate of drug-likeness (QED) is 0.611. The maximum atomic E-state index is 13.2. The summed E-state index contributed by atoms with van der Waals surface area (Å²) in [5, 5.41) is 0.0948. The van der Waals surface area contributed by atoms with Crippen LogP contribution < -0.4 is 11.3 Å². The van der Waals surface area contributed by atoms with Gasteiger partial charge in [-0.25, -0.2) is 13.2 Å². The van der Waals surface area contributed by atoms with E-state index < -0.39 is 26.6 Å². The fraction of sp³-hybridized carbons (Fsp3) is 0.304. The van der Waals surface area contributed by atoms with Gasteiger partial charge in [0.1, 0.15) is 0 Å². The molecule has 1 aromatic heterocycles. The lowest BCUT2D eigenvalue weighted by molar-refractivity contribution is 0.0367. The Morgan fingerprint density at radius 1 is 1.10 bits per heavy atom. The number of esters is 1. The van der Waals surface area contributed by atoms with Gasteiger partial charge >= 0.3 is 5.97 Å². The lowest BCUT2D eigenvalue weighted by Crippen LogP contribution is -2.24. The zero-order valence-electron chi connectivity index (χ0n) is 17.2. The molecule has 1 aliphatic carbocycles. The Balaban J connectivity index is 1.62. The smallest absolute Gasteiger partial charge is 0.339 e. The summed E-state index contributed by atoms with van der Waals surface area (Å²) in [5.41, 5.74) is 6.89. The van der Waals surface area contributed by atoms with Gasteiger partial charge in [-0.05, 0) is 56.5 Å². The van der Waals surface area contributed by atoms with Gasteiger partial charge in [-0.3, -0.25) is 9.36 Å². The molecular weight excluding hydrogens is 416 g/mol. The predicted molar refractivity (Wildman–Crippen MR) is 118 cm³/mol. The van der Waals surface area contributed by atoms with Gasteiger partial charge in [-0.1, -0.05) is 23.8 Å². The molecule has 1 heterocycles. The topological polar surface area (TPSA) is 108 Å². The zero-order valence-corrected chi connectivity index (χ0v) is 18.0. The van der Waals surface area contributed by atoms with Crippen molar-refractivity contribution in [3.05, 3.63) is 76.2 Å². The van der Waals surface area contributed by atoms with Crippen LogP contribution in [0.4, 0.5) is 0 Å². The van der Waals surface area contributed by atoms with E-state index in [9.17, 15) is 18.0 Å². The normalized spacial score (nSPS) is 18.9. The second-order valence-electron chi connectivity index (χ2n) is 7.98. The Hall–Kier alpha value is -2.97. The van der Waals surface area contributed by atoms with Crippen molar-refractivity contribution in [1.82, 2.24) is 4.57 Å². The van der Waals surface area contributed by atoms with Crippen molar-refractivity contribution in [2.75, 3.05) is 0 Å². The number of pyridine rings is 1. The molecule has 0 saturated heterocycles. The number of sulfone groups is 1. The molecule has 1 saturated carbocycles. The third kappa shape index (κ3) is 4.13. The molecule has 2 atom stereocenters. The van der Waals surface area contributed by atoms with Crippen LogP contribution in [0.5, 0.6) is 0 Å². The van der Waals surface area contributed by atoms with Crippen LogP contribution in [-0.4, -0.2) is 30.2 Å². The van der Waals surface area contributed by atoms with Crippen molar-refractivity contribution in [2.24, 2.45) is 5.73 Å². The van der Waals surface area contributed by atoms with Gasteiger partial charge < -0.3 is 10.5 Å². The fourth-order valence-electron chi connectivity index (χ4n) is 3.97. The van der Waals surface area contributed by atoms with E-state index in [0.717, 1.165) is 5.56 Å². The summed E-state index contributed by atoms with van der Waals surface area (Å²) in [6, 6.07) is 13.1. The number of ether oxygens (including phenoxy) is 1. The first-order valence-corrected chi connectivity index (χ1v) is 11.7. The summed E-state index contributed by atoms with van der Waals surface area (Å²) in [6.45, 7) is 1.65. The Labute approximate surface area is 180 Å². The SMILES string of the molecule is Cc1ccc(C(=O)OCn2ccc3c(S(=O)(=O)C4CC[C@@H](N)C4)cccc3c2=O)cc1. The Kier molecular flexibility index (Phi) is 5.68. The van der Waals surface area contributed by atoms with Gasteiger partial charge in [-0.15, -0.1) is 0 Å². The third-order valence-corrected chi connectivity index (χ3v) is 8.05. The molecule has 1 fully saturated rings. The molecular formula is C23H24N2O5S. The molecule has 4 rings (SSSR count). The third-order valence-electron chi connectivity index (χ3n) is 5.77. The predicted octanol–water partition coefficient (Wildman–Crippen LogP) is 2.78. The van der Waals surface area contributed by atoms with Crippen molar-refractivity contribution in [3.8, 4) is 0 Å². The van der Waals surface area contributed by atoms with Crippen LogP contribution in [0.25, 0.3) is 10.8 Å². The molecule has 2 N–H and O–H groups in total. The molecule has 162 valence electrons. The van der Waals surface area contributed by atoms with Crippen molar-refractivity contribution in [1.29, 1.82) is 0 Å². The monoisotopic (exact) mass is 440 g/mol. The van der Waals surface area contributed by atoms with E-state index in [1.807, 2.05) is 6.92 Å². The molecule has 0 bridgehead atoms. The van der Waals surface area contributed by atoms with Gasteiger partial charge in [0.2, 0.25) is 0 Å². The number of fused-ring (bicyclic) bond motifs is 1. The number of aryl methyl sites for hydroxylation is 1. The van der Waals surface area contributed by atoms with E-state index in [0.29, 0.717) is 30.2 Å². The average Bonchev–Trinajstić information content (AvgIpc) is 3.20. The second kappa shape index (κ2) is 8.28. The number of benzene rings is 2. The van der Waals surface area contributed by atoms with Crippen molar-refractivity contribution in [2.45, 2.75) is 49.1 Å². The number of nitrogens with two attached hydrogens (primary N) is 1. The van der Waals surface area contributed by atoms with Crippen LogP contribution in [0.15, 0.2) is 64.4 Å². The summed E-state index contributed by atoms with van der Waals surface area (Å²) in [5.74, 6) is -0.541. The van der Waals surface area contributed by atoms with Crippen LogP contribution >= 0.6 is 0 Å². The number of carbonyl (C=O) groups is 1. The summed E-state index contributed by atoms with van der Waals surface area (Å²) >= 11 is 0. The Bertz CT molecular complexity index is 1300. The number of carbonyl (C=O) groups excluding carboxylic acids is 1. The number of aromatic nitrogens is 1. The van der Waals surface area contributed by atoms with Crippen LogP contribution in [0, 0.1) is 6.92 Å². The van der Waals surface area contributed by atoms with Gasteiger partial charge in [0.15, 0.2) is 16.6 Å². The van der Waals surface area contributed by atoms with Gasteiger partial charge in [-0.2, -0.15) is 0 Å². The van der Waals surface area contributed by atoms with Crippen LogP contribution in [0.3, 0.4) is 0 Å². The second-order valence-corrected chi connectivity index (χ2v) is 10.2. The molecule has 31 heavy (non-hydrogen) atoms. The summed E-state index contributed by atoms with van der Waals surface area (Å²) in [4.78, 5) is 25.3. The van der Waals surface area contributed by atoms with E-state index in [4.69, 9.17) is 10.5 Å². The first kappa shape index (κ1) is 21.3. The minimum absolute atomic E-state index is 0.116. The maximum Gasteiger partial charge on any atom is 0.339 e. The van der Waals surface area contributed by atoms with E-state index in [2.05, 4.69) is 0 Å². The summed E-state index contributed by atoms with van der Waals surface area (Å²) in [7, 11) is -3.61. The average molecular weight is 441 g/mol. The standard InChI is InChI=1S/C23H24N2O5S/c1-15-5-7-16(8-6-15)23(27)30-14-25-12-11-19-20(22(25)26)3-2-4-21(19)31(28,29)18-10-9-17(24)13-18/h2-8,11-12,17-18H,9-10,13-14,24H2,1H3/t17-,18?/m1/s1. The van der Waals surface area contributed by atoms with Gasteiger partial charge in [0, 0.05) is 23.0 Å². The summed E-state index contributed by atoms with van der Waals surface area (Å²) in [6.07, 6.45) is 3.07. The van der Waals surface area contributed by atoms with Crippen LogP contribution in [0.2, 0.25) is 0 Å². The molecule has 8 heteroatoms. The number of hydrogen-bond acceptors (Lipinski definition) is 6. The van der Waals surface area contributed by atoms with E-state index in [1.54, 1.807) is 42.5 Å². The molecule has 0 spiro atoms. The molecule has 0 amide bonds. The highest BCUT2D eigenvalue weighted by molar-refractivity contribution is 7.92. The molecule has 2 aromatic carbocycles. The highest BCUT2D eigenvalue weighted by atomic mass is 32.2. The van der Waals surface area contributed by atoms with Crippen molar-refractivity contribution >= 4 is 26.6 Å². The van der Waals surface area contributed by atoms with Crippen molar-refractivity contribution < 1.29 is 17.9 Å². The highest BCUT2D eigenvalue weighted by Gasteiger charge is 2.34. The first-order chi connectivity index (χ1) is 14.8. The zero-order chi connectivity index (χ0) is 22.2. The van der Waals surface area contributed by atoms with E-state index in [-0.39, 0.29) is 23.1 Å². The molecule has 1 unspecified atom stereocenters. The fourth-order valence-corrected chi connectivity index (χ4v) is 6.03. The molecule has 0 radical (unpaired) electrons. The first-order valence-electron chi connectivity index (χ1n) is 10.1. The minimum Gasteiger partial charge on any atom is -0.440 e. The Morgan fingerprint density at radius 2 is 1.84 bits per heavy atom. The van der Waals surface area contributed by atoms with E-state index >= 15 is 0 Å². The summed E-state index contributed by atoms with van der Waals surface area (Å²) < 4.78 is 32.8. The molecule has 7 nitrogen and oxygen atoms in total. The molecule has 3 aromatic rings. The van der Waals surface area contributed by atoms with E-state index in [1.165, 1.54) is 16.8 Å². The Morgan fingerprint density at radius 3 is 2.52 bits per heavy atom. The van der Waals surface area contributed by atoms with Crippen molar-refractivity contribution in [3.63, 3.8) is 0 Å². The van der Waals surface area contributed by atoms with Gasteiger partial charge in [0.05, 0.1) is 15.7 Å². The van der Waals surface area contributed by atoms with Gasteiger partial charge in [0.25, 0.3) is 5.56 Å². The lowest BCUT2D eigenvalue weighted by Gasteiger charge is -2.15. The molecule has 1 aliphatic rings. The number of hydrogen-bond donors (Lipinski definition) is 1. The minimum atomic E-state index is -3.61.